The van der Waals surface area contributed by atoms with E-state index in [1.165, 1.54) is 11.1 Å². The van der Waals surface area contributed by atoms with Crippen LogP contribution in [0.4, 0.5) is 0 Å². The maximum absolute atomic E-state index is 13.3. The molecule has 1 aliphatic heterocycles. The van der Waals surface area contributed by atoms with E-state index in [1.807, 2.05) is 48.5 Å². The van der Waals surface area contributed by atoms with E-state index in [1.54, 1.807) is 18.2 Å². The number of hydrazone groups is 1. The Morgan fingerprint density at radius 3 is 2.41 bits per heavy atom. The number of aromatic hydroxyl groups is 1. The van der Waals surface area contributed by atoms with Crippen molar-refractivity contribution in [2.45, 2.75) is 25.3 Å². The molecule has 1 fully saturated rings. The molecule has 2 aliphatic rings. The standard InChI is InChI=1S/C30H28N2O5/c33-25-16-7-8-17-26(25)36-20-28(35)37-19-27(34)32-30(22-12-5-2-6-13-22)24-15-9-14-23(29(24)31-32)18-21-10-3-1-4-11-21/h1-8,10-13,16-18,24,30,33H,9,14-15,19-20H2. The number of hydrogen-bond acceptors (Lipinski definition) is 6. The zero-order valence-corrected chi connectivity index (χ0v) is 20.3. The highest BCUT2D eigenvalue weighted by Gasteiger charge is 2.43. The van der Waals surface area contributed by atoms with Gasteiger partial charge in [-0.15, -0.1) is 0 Å². The molecule has 0 bridgehead atoms. The Labute approximate surface area is 215 Å². The predicted molar refractivity (Wildman–Crippen MR) is 140 cm³/mol. The number of nitrogens with zero attached hydrogens (tertiary/aromatic N) is 2. The van der Waals surface area contributed by atoms with Crippen molar-refractivity contribution < 1.29 is 24.2 Å². The first-order valence-corrected chi connectivity index (χ1v) is 12.4. The zero-order chi connectivity index (χ0) is 25.6. The average molecular weight is 497 g/mol. The lowest BCUT2D eigenvalue weighted by Crippen LogP contribution is -2.35. The van der Waals surface area contributed by atoms with Gasteiger partial charge < -0.3 is 14.6 Å². The molecule has 1 aliphatic carbocycles. The van der Waals surface area contributed by atoms with Crippen molar-refractivity contribution in [2.75, 3.05) is 13.2 Å². The van der Waals surface area contributed by atoms with Gasteiger partial charge in [0.05, 0.1) is 11.8 Å². The summed E-state index contributed by atoms with van der Waals surface area (Å²) in [6.45, 7) is -0.873. The second-order valence-electron chi connectivity index (χ2n) is 9.08. The summed E-state index contributed by atoms with van der Waals surface area (Å²) < 4.78 is 10.5. The molecule has 0 radical (unpaired) electrons. The van der Waals surface area contributed by atoms with Crippen LogP contribution in [0.25, 0.3) is 6.08 Å². The van der Waals surface area contributed by atoms with Crippen LogP contribution in [0.15, 0.2) is 95.6 Å². The molecule has 7 nitrogen and oxygen atoms in total. The number of carbonyl (C=O) groups excluding carboxylic acids is 2. The maximum Gasteiger partial charge on any atom is 0.344 e. The fourth-order valence-electron chi connectivity index (χ4n) is 4.91. The van der Waals surface area contributed by atoms with Gasteiger partial charge >= 0.3 is 5.97 Å². The van der Waals surface area contributed by atoms with Gasteiger partial charge in [0.2, 0.25) is 0 Å². The van der Waals surface area contributed by atoms with Crippen LogP contribution in [0, 0.1) is 5.92 Å². The Bertz CT molecular complexity index is 1320. The third-order valence-electron chi connectivity index (χ3n) is 6.61. The average Bonchev–Trinajstić information content (AvgIpc) is 3.33. The van der Waals surface area contributed by atoms with Gasteiger partial charge in [0.15, 0.2) is 24.7 Å². The monoisotopic (exact) mass is 496 g/mol. The third kappa shape index (κ3) is 5.56. The van der Waals surface area contributed by atoms with Gasteiger partial charge in [-0.25, -0.2) is 9.80 Å². The molecule has 0 aromatic heterocycles. The second-order valence-corrected chi connectivity index (χ2v) is 9.08. The smallest absolute Gasteiger partial charge is 0.344 e. The van der Waals surface area contributed by atoms with Crippen LogP contribution in [0.5, 0.6) is 11.5 Å². The molecule has 0 spiro atoms. The van der Waals surface area contributed by atoms with Gasteiger partial charge in [0, 0.05) is 5.92 Å². The van der Waals surface area contributed by atoms with Crippen molar-refractivity contribution in [3.05, 3.63) is 102 Å². The molecule has 2 atom stereocenters. The van der Waals surface area contributed by atoms with Gasteiger partial charge in [0.1, 0.15) is 0 Å². The number of carbonyl (C=O) groups is 2. The van der Waals surface area contributed by atoms with Crippen molar-refractivity contribution in [1.82, 2.24) is 5.01 Å². The summed E-state index contributed by atoms with van der Waals surface area (Å²) in [6.07, 6.45) is 4.97. The molecule has 1 saturated carbocycles. The van der Waals surface area contributed by atoms with E-state index >= 15 is 0 Å². The number of esters is 1. The van der Waals surface area contributed by atoms with E-state index in [9.17, 15) is 14.7 Å². The normalized spacial score (nSPS) is 19.7. The van der Waals surface area contributed by atoms with Crippen LogP contribution in [0.3, 0.4) is 0 Å². The number of allylic oxidation sites excluding steroid dienone is 1. The summed E-state index contributed by atoms with van der Waals surface area (Å²) >= 11 is 0. The third-order valence-corrected chi connectivity index (χ3v) is 6.61. The number of benzene rings is 3. The van der Waals surface area contributed by atoms with Crippen LogP contribution in [-0.4, -0.2) is 40.9 Å². The number of amides is 1. The molecular formula is C30H28N2O5. The Kier molecular flexibility index (Phi) is 7.31. The van der Waals surface area contributed by atoms with Gasteiger partial charge in [-0.1, -0.05) is 72.8 Å². The fraction of sp³-hybridized carbons (Fsp3) is 0.233. The van der Waals surface area contributed by atoms with Gasteiger partial charge in [-0.2, -0.15) is 5.10 Å². The minimum atomic E-state index is -0.707. The molecule has 1 amide bonds. The SMILES string of the molecule is O=C(COc1ccccc1O)OCC(=O)N1N=C2C(=Cc3ccccc3)CCCC2C1c1ccccc1. The van der Waals surface area contributed by atoms with Crippen LogP contribution >= 0.6 is 0 Å². The number of rotatable bonds is 7. The number of phenolic OH excluding ortho intramolecular Hbond substituents is 1. The first-order chi connectivity index (χ1) is 18.1. The lowest BCUT2D eigenvalue weighted by molar-refractivity contribution is -0.154. The molecule has 3 aromatic rings. The highest BCUT2D eigenvalue weighted by atomic mass is 16.6. The summed E-state index contributed by atoms with van der Waals surface area (Å²) in [5, 5.41) is 16.1. The summed E-state index contributed by atoms with van der Waals surface area (Å²) in [5.41, 5.74) is 4.15. The van der Waals surface area contributed by atoms with Crippen molar-refractivity contribution in [3.8, 4) is 11.5 Å². The van der Waals surface area contributed by atoms with E-state index in [2.05, 4.69) is 18.2 Å². The van der Waals surface area contributed by atoms with E-state index in [4.69, 9.17) is 14.6 Å². The maximum atomic E-state index is 13.3. The van der Waals surface area contributed by atoms with Gasteiger partial charge in [-0.3, -0.25) is 4.79 Å². The molecule has 1 N–H and O–H groups in total. The molecule has 37 heavy (non-hydrogen) atoms. The highest BCUT2D eigenvalue weighted by Crippen LogP contribution is 2.44. The van der Waals surface area contributed by atoms with Crippen molar-refractivity contribution >= 4 is 23.7 Å². The zero-order valence-electron chi connectivity index (χ0n) is 20.3. The fourth-order valence-corrected chi connectivity index (χ4v) is 4.91. The molecule has 1 heterocycles. The number of para-hydroxylation sites is 2. The van der Waals surface area contributed by atoms with Crippen molar-refractivity contribution in [3.63, 3.8) is 0 Å². The molecule has 0 saturated heterocycles. The number of ether oxygens (including phenoxy) is 2. The van der Waals surface area contributed by atoms with Gasteiger partial charge in [-0.05, 0) is 54.2 Å². The summed E-state index contributed by atoms with van der Waals surface area (Å²) in [4.78, 5) is 25.6. The van der Waals surface area contributed by atoms with Crippen molar-refractivity contribution in [2.24, 2.45) is 11.0 Å². The van der Waals surface area contributed by atoms with Crippen LogP contribution in [0.1, 0.15) is 36.4 Å². The molecule has 188 valence electrons. The van der Waals surface area contributed by atoms with E-state index in [0.717, 1.165) is 41.7 Å². The molecule has 7 heteroatoms. The number of fused-ring (bicyclic) bond motifs is 1. The first kappa shape index (κ1) is 24.3. The van der Waals surface area contributed by atoms with Crippen LogP contribution < -0.4 is 4.74 Å². The molecule has 5 rings (SSSR count). The van der Waals surface area contributed by atoms with Crippen LogP contribution in [0.2, 0.25) is 0 Å². The van der Waals surface area contributed by atoms with Gasteiger partial charge in [0.25, 0.3) is 5.91 Å². The van der Waals surface area contributed by atoms with Crippen LogP contribution in [-0.2, 0) is 14.3 Å². The summed E-state index contributed by atoms with van der Waals surface area (Å²) in [7, 11) is 0. The topological polar surface area (TPSA) is 88.4 Å². The lowest BCUT2D eigenvalue weighted by atomic mass is 9.77. The number of hydrogen-bond donors (Lipinski definition) is 1. The van der Waals surface area contributed by atoms with E-state index < -0.39 is 25.1 Å². The second kappa shape index (κ2) is 11.1. The minimum absolute atomic E-state index is 0.0650. The predicted octanol–water partition coefficient (Wildman–Crippen LogP) is 5.14. The van der Waals surface area contributed by atoms with Crippen molar-refractivity contribution in [1.29, 1.82) is 0 Å². The Morgan fingerprint density at radius 2 is 1.65 bits per heavy atom. The van der Waals surface area contributed by atoms with E-state index in [-0.39, 0.29) is 23.5 Å². The Hall–Kier alpha value is -4.39. The van der Waals surface area contributed by atoms with E-state index in [0.29, 0.717) is 0 Å². The Balaban J connectivity index is 1.33. The largest absolute Gasteiger partial charge is 0.504 e. The quantitative estimate of drug-likeness (QED) is 0.458. The highest BCUT2D eigenvalue weighted by molar-refractivity contribution is 6.08. The summed E-state index contributed by atoms with van der Waals surface area (Å²) in [5.74, 6) is -0.947. The molecule has 3 aromatic carbocycles. The lowest BCUT2D eigenvalue weighted by Gasteiger charge is -2.29. The number of phenols is 1. The first-order valence-electron chi connectivity index (χ1n) is 12.4. The molecule has 2 unspecified atom stereocenters. The molecular weight excluding hydrogens is 468 g/mol. The minimum Gasteiger partial charge on any atom is -0.504 e. The Morgan fingerprint density at radius 1 is 0.946 bits per heavy atom. The summed E-state index contributed by atoms with van der Waals surface area (Å²) in [6, 6.07) is 26.0.